The van der Waals surface area contributed by atoms with E-state index in [1.165, 1.54) is 0 Å². The van der Waals surface area contributed by atoms with Crippen LogP contribution in [0.5, 0.6) is 5.75 Å². The lowest BCUT2D eigenvalue weighted by atomic mass is 9.74. The minimum absolute atomic E-state index is 0.00178. The van der Waals surface area contributed by atoms with Crippen LogP contribution < -0.4 is 4.74 Å². The van der Waals surface area contributed by atoms with Crippen molar-refractivity contribution in [2.45, 2.75) is 43.4 Å². The number of halogens is 3. The van der Waals surface area contributed by atoms with E-state index in [9.17, 15) is 18.3 Å². The highest BCUT2D eigenvalue weighted by Gasteiger charge is 2.49. The molecule has 0 saturated carbocycles. The second kappa shape index (κ2) is 10.8. The molecule has 0 aromatic heterocycles. The fraction of sp³-hybridized carbons (Fsp3) is 0.481. The predicted molar refractivity (Wildman–Crippen MR) is 126 cm³/mol. The van der Waals surface area contributed by atoms with Gasteiger partial charge in [-0.2, -0.15) is 13.2 Å². The van der Waals surface area contributed by atoms with Gasteiger partial charge in [-0.25, -0.2) is 0 Å². The molecule has 2 fully saturated rings. The normalized spacial score (nSPS) is 23.6. The Morgan fingerprint density at radius 2 is 1.76 bits per heavy atom. The number of para-hydroxylation sites is 1. The average Bonchev–Trinajstić information content (AvgIpc) is 2.81. The van der Waals surface area contributed by atoms with Crippen LogP contribution in [0.1, 0.15) is 41.9 Å². The first-order valence-electron chi connectivity index (χ1n) is 11.8. The van der Waals surface area contributed by atoms with Gasteiger partial charge in [0.2, 0.25) is 0 Å². The lowest BCUT2D eigenvalue weighted by Gasteiger charge is -2.57. The van der Waals surface area contributed by atoms with Crippen LogP contribution in [0, 0.1) is 11.8 Å². The van der Waals surface area contributed by atoms with Gasteiger partial charge in [0.15, 0.2) is 0 Å². The Hall–Kier alpha value is -2.53. The predicted octanol–water partition coefficient (Wildman–Crippen LogP) is 4.27. The summed E-state index contributed by atoms with van der Waals surface area (Å²) in [6.07, 6.45) is -3.12. The summed E-state index contributed by atoms with van der Waals surface area (Å²) in [6, 6.07) is 15.7. The van der Waals surface area contributed by atoms with Crippen LogP contribution in [0.3, 0.4) is 0 Å². The zero-order valence-electron chi connectivity index (χ0n) is 19.4. The number of methoxy groups -OCH3 is 1. The van der Waals surface area contributed by atoms with Gasteiger partial charge in [-0.1, -0.05) is 36.1 Å². The van der Waals surface area contributed by atoms with Crippen LogP contribution in [-0.2, 0) is 0 Å². The van der Waals surface area contributed by atoms with Crippen molar-refractivity contribution in [2.75, 3.05) is 39.9 Å². The van der Waals surface area contributed by atoms with Crippen molar-refractivity contribution in [1.82, 2.24) is 9.80 Å². The van der Waals surface area contributed by atoms with Crippen LogP contribution in [0.25, 0.3) is 0 Å². The molecule has 0 radical (unpaired) electrons. The van der Waals surface area contributed by atoms with Crippen molar-refractivity contribution in [1.29, 1.82) is 0 Å². The van der Waals surface area contributed by atoms with Crippen molar-refractivity contribution in [3.05, 3.63) is 65.2 Å². The topological polar surface area (TPSA) is 35.9 Å². The van der Waals surface area contributed by atoms with Gasteiger partial charge in [-0.15, -0.1) is 0 Å². The molecule has 0 aliphatic carbocycles. The highest BCUT2D eigenvalue weighted by molar-refractivity contribution is 5.50. The molecule has 2 aliphatic rings. The molecule has 2 aromatic carbocycles. The maximum absolute atomic E-state index is 12.8. The average molecular weight is 473 g/mol. The Bertz CT molecular complexity index is 1010. The van der Waals surface area contributed by atoms with Crippen LogP contribution in [0.15, 0.2) is 48.5 Å². The molecule has 4 rings (SSSR count). The second-order valence-electron chi connectivity index (χ2n) is 9.03. The Morgan fingerprint density at radius 3 is 2.47 bits per heavy atom. The van der Waals surface area contributed by atoms with Gasteiger partial charge in [0.1, 0.15) is 5.75 Å². The molecular weight excluding hydrogens is 441 g/mol. The molecule has 0 unspecified atom stereocenters. The van der Waals surface area contributed by atoms with Crippen LogP contribution in [-0.4, -0.2) is 73.1 Å². The molecule has 3 atom stereocenters. The number of nitrogens with zero attached hydrogens (tertiary/aromatic N) is 2. The van der Waals surface area contributed by atoms with E-state index in [1.807, 2.05) is 53.4 Å². The lowest BCUT2D eigenvalue weighted by Crippen LogP contribution is -2.67. The Morgan fingerprint density at radius 1 is 1.03 bits per heavy atom. The van der Waals surface area contributed by atoms with Crippen LogP contribution in [0.2, 0.25) is 0 Å². The van der Waals surface area contributed by atoms with Gasteiger partial charge < -0.3 is 14.7 Å². The number of hydrogen-bond acceptors (Lipinski definition) is 4. The van der Waals surface area contributed by atoms with Gasteiger partial charge in [-0.05, 0) is 55.8 Å². The van der Waals surface area contributed by atoms with E-state index in [-0.39, 0.29) is 31.2 Å². The number of rotatable bonds is 5. The molecule has 2 aliphatic heterocycles. The zero-order chi connectivity index (χ0) is 24.1. The highest BCUT2D eigenvalue weighted by atomic mass is 19.4. The van der Waals surface area contributed by atoms with Crippen molar-refractivity contribution in [3.8, 4) is 17.6 Å². The third-order valence-electron chi connectivity index (χ3n) is 6.91. The summed E-state index contributed by atoms with van der Waals surface area (Å²) in [5.74, 6) is 7.14. The van der Waals surface area contributed by atoms with Crippen LogP contribution >= 0.6 is 0 Å². The number of benzene rings is 2. The second-order valence-corrected chi connectivity index (χ2v) is 9.03. The van der Waals surface area contributed by atoms with E-state index in [0.717, 1.165) is 41.8 Å². The van der Waals surface area contributed by atoms with Gasteiger partial charge >= 0.3 is 6.18 Å². The summed E-state index contributed by atoms with van der Waals surface area (Å²) in [4.78, 5) is 4.22. The summed E-state index contributed by atoms with van der Waals surface area (Å²) in [7, 11) is 1.62. The minimum Gasteiger partial charge on any atom is -0.495 e. The first-order valence-corrected chi connectivity index (χ1v) is 11.8. The molecule has 0 bridgehead atoms. The van der Waals surface area contributed by atoms with Gasteiger partial charge in [-0.3, -0.25) is 4.90 Å². The van der Waals surface area contributed by atoms with Crippen molar-refractivity contribution in [2.24, 2.45) is 0 Å². The third kappa shape index (κ3) is 5.75. The number of ether oxygens (including phenoxy) is 1. The number of hydrogen-bond donors (Lipinski definition) is 1. The molecule has 0 amide bonds. The maximum atomic E-state index is 12.8. The third-order valence-corrected chi connectivity index (χ3v) is 6.91. The van der Waals surface area contributed by atoms with E-state index in [1.54, 1.807) is 7.11 Å². The standard InChI is InChI=1S/C27H31F3N2O2/c1-34-25-7-3-2-6-21(25)11-8-20-9-12-22(13-10-20)26-23-18-31(17-14-27(28,29)30)15-4-5-16-32(23)24(26)19-33/h2-3,6-7,9-10,12-13,23-24,26,33H,4-5,14-19H2,1H3/t23-,24+,26-/m0/s1. The first kappa shape index (κ1) is 24.6. The molecule has 2 aromatic rings. The van der Waals surface area contributed by atoms with Crippen LogP contribution in [0.4, 0.5) is 13.2 Å². The molecule has 2 heterocycles. The van der Waals surface area contributed by atoms with E-state index < -0.39 is 12.6 Å². The fourth-order valence-corrected chi connectivity index (χ4v) is 5.18. The summed E-state index contributed by atoms with van der Waals surface area (Å²) in [6.45, 7) is 2.23. The number of fused-ring (bicyclic) bond motifs is 1. The summed E-state index contributed by atoms with van der Waals surface area (Å²) in [5, 5.41) is 10.1. The summed E-state index contributed by atoms with van der Waals surface area (Å²) >= 11 is 0. The maximum Gasteiger partial charge on any atom is 0.390 e. The molecule has 4 nitrogen and oxygen atoms in total. The minimum atomic E-state index is -4.14. The largest absolute Gasteiger partial charge is 0.495 e. The molecule has 34 heavy (non-hydrogen) atoms. The van der Waals surface area contributed by atoms with Crippen molar-refractivity contribution < 1.29 is 23.0 Å². The van der Waals surface area contributed by atoms with E-state index in [2.05, 4.69) is 16.7 Å². The Balaban J connectivity index is 1.49. The van der Waals surface area contributed by atoms with Gasteiger partial charge in [0, 0.05) is 36.7 Å². The molecule has 7 heteroatoms. The van der Waals surface area contributed by atoms with Gasteiger partial charge in [0.05, 0.1) is 25.7 Å². The zero-order valence-corrected chi connectivity index (χ0v) is 19.4. The van der Waals surface area contributed by atoms with E-state index in [0.29, 0.717) is 13.1 Å². The fourth-order valence-electron chi connectivity index (χ4n) is 5.18. The van der Waals surface area contributed by atoms with E-state index in [4.69, 9.17) is 4.74 Å². The molecule has 2 saturated heterocycles. The molecule has 182 valence electrons. The Kier molecular flexibility index (Phi) is 7.82. The SMILES string of the molecule is COc1ccccc1C#Cc1ccc([C@@H]2[C@@H](CO)N3CCCCN(CCC(F)(F)F)C[C@@H]23)cc1. The summed E-state index contributed by atoms with van der Waals surface area (Å²) < 4.78 is 43.8. The van der Waals surface area contributed by atoms with E-state index >= 15 is 0 Å². The lowest BCUT2D eigenvalue weighted by molar-refractivity contribution is -0.140. The smallest absolute Gasteiger partial charge is 0.390 e. The highest BCUT2D eigenvalue weighted by Crippen LogP contribution is 2.42. The summed E-state index contributed by atoms with van der Waals surface area (Å²) in [5.41, 5.74) is 2.79. The first-order chi connectivity index (χ1) is 16.4. The quantitative estimate of drug-likeness (QED) is 0.660. The molecule has 1 N–H and O–H groups in total. The monoisotopic (exact) mass is 472 g/mol. The van der Waals surface area contributed by atoms with Gasteiger partial charge in [0.25, 0.3) is 0 Å². The van der Waals surface area contributed by atoms with Crippen molar-refractivity contribution >= 4 is 0 Å². The number of aliphatic hydroxyl groups is 1. The van der Waals surface area contributed by atoms with Crippen molar-refractivity contribution in [3.63, 3.8) is 0 Å². The number of alkyl halides is 3. The molecule has 0 spiro atoms. The number of aliphatic hydroxyl groups excluding tert-OH is 1. The Labute approximate surface area is 199 Å². The molecular formula is C27H31F3N2O2.